The molecule has 13 heteroatoms. The molecule has 2 atom stereocenters. The van der Waals surface area contributed by atoms with E-state index in [-0.39, 0.29) is 10.0 Å². The summed E-state index contributed by atoms with van der Waals surface area (Å²) >= 11 is 0. The average molecular weight is 465 g/mol. The summed E-state index contributed by atoms with van der Waals surface area (Å²) in [6.45, 7) is 3.06. The molecule has 0 aliphatic rings. The van der Waals surface area contributed by atoms with Crippen LogP contribution in [0.5, 0.6) is 0 Å². The molecule has 2 rings (SSSR count). The summed E-state index contributed by atoms with van der Waals surface area (Å²) < 4.78 is 63.9. The summed E-state index contributed by atoms with van der Waals surface area (Å²) in [5.41, 5.74) is -0.821. The Bertz CT molecular complexity index is 1080. The molecule has 1 aromatic carbocycles. The first kappa shape index (κ1) is 23.6. The Morgan fingerprint density at radius 2 is 1.87 bits per heavy atom. The summed E-state index contributed by atoms with van der Waals surface area (Å²) in [7, 11) is -3.87. The van der Waals surface area contributed by atoms with E-state index in [1.54, 1.807) is 12.3 Å². The third-order valence-electron chi connectivity index (χ3n) is 3.89. The molecule has 2 aromatic rings. The lowest BCUT2D eigenvalue weighted by molar-refractivity contribution is -0.139. The van der Waals surface area contributed by atoms with Gasteiger partial charge < -0.3 is 10.6 Å². The molecule has 0 saturated carbocycles. The molecule has 8 nitrogen and oxygen atoms in total. The van der Waals surface area contributed by atoms with Crippen LogP contribution in [-0.4, -0.2) is 44.7 Å². The van der Waals surface area contributed by atoms with Gasteiger partial charge in [-0.1, -0.05) is 0 Å². The number of hydrogen-bond donors (Lipinski definition) is 3. The number of thiazole rings is 1. The van der Waals surface area contributed by atoms with E-state index < -0.39 is 54.9 Å². The predicted molar refractivity (Wildman–Crippen MR) is 107 cm³/mol. The monoisotopic (exact) mass is 465 g/mol. The van der Waals surface area contributed by atoms with E-state index >= 15 is 0 Å². The average Bonchev–Trinajstić information content (AvgIpc) is 2.98. The number of aromatic nitrogens is 1. The topological polar surface area (TPSA) is 117 Å². The Balaban J connectivity index is 2.44. The third kappa shape index (κ3) is 5.48. The number of carbonyl (C=O) groups excluding carboxylic acids is 2. The van der Waals surface area contributed by atoms with E-state index in [2.05, 4.69) is 20.9 Å². The van der Waals surface area contributed by atoms with Crippen molar-refractivity contribution in [1.82, 2.24) is 15.6 Å². The van der Waals surface area contributed by atoms with Crippen LogP contribution < -0.4 is 16.0 Å². The minimum absolute atomic E-state index is 0.0781. The fourth-order valence-corrected chi connectivity index (χ4v) is 5.19. The van der Waals surface area contributed by atoms with Gasteiger partial charge in [-0.05, 0) is 26.0 Å². The molecule has 0 radical (unpaired) electrons. The first-order valence-corrected chi connectivity index (χ1v) is 11.6. The van der Waals surface area contributed by atoms with Crippen LogP contribution in [0.15, 0.2) is 28.5 Å². The standard InChI is InChI=1S/C17H19F3N4O4S2/c1-9-8-29(16(22-9)24-15(26)23-10(2)14(25)21-3)11-5-6-13(30(4,27)28)12(7-11)17(18,19)20/h5-8,10H,1-4H3,(H2-,21,22,23,24,25,26)/p+1/t10-,29?/m0/s1. The normalized spacial score (nSPS) is 13.5. The van der Waals surface area contributed by atoms with Crippen molar-refractivity contribution in [1.29, 1.82) is 0 Å². The zero-order chi connectivity index (χ0) is 22.9. The maximum Gasteiger partial charge on any atom is 0.417 e. The van der Waals surface area contributed by atoms with Gasteiger partial charge in [0.15, 0.2) is 20.1 Å². The molecule has 0 bridgehead atoms. The van der Waals surface area contributed by atoms with Gasteiger partial charge in [0.05, 0.1) is 26.6 Å². The molecule has 1 heterocycles. The number of anilines is 1. The lowest BCUT2D eigenvalue weighted by Gasteiger charge is -2.12. The van der Waals surface area contributed by atoms with Crippen LogP contribution in [0, 0.1) is 6.92 Å². The fourth-order valence-electron chi connectivity index (χ4n) is 2.53. The minimum Gasteiger partial charge on any atom is -0.357 e. The second-order valence-electron chi connectivity index (χ2n) is 6.38. The van der Waals surface area contributed by atoms with Gasteiger partial charge in [0.2, 0.25) is 5.91 Å². The number of hydrogen-bond acceptors (Lipinski definition) is 5. The first-order valence-electron chi connectivity index (χ1n) is 8.44. The third-order valence-corrected chi connectivity index (χ3v) is 7.00. The molecule has 3 N–H and O–H groups in total. The Morgan fingerprint density at radius 1 is 1.23 bits per heavy atom. The van der Waals surface area contributed by atoms with Crippen LogP contribution in [0.2, 0.25) is 0 Å². The highest BCUT2D eigenvalue weighted by molar-refractivity contribution is 7.90. The van der Waals surface area contributed by atoms with Gasteiger partial charge >= 0.3 is 17.3 Å². The van der Waals surface area contributed by atoms with Gasteiger partial charge in [0.1, 0.15) is 6.04 Å². The van der Waals surface area contributed by atoms with Crippen LogP contribution >= 0.6 is 10.5 Å². The second kappa shape index (κ2) is 8.60. The Hall–Kier alpha value is -2.67. The van der Waals surface area contributed by atoms with Gasteiger partial charge in [-0.15, -0.1) is 0 Å². The predicted octanol–water partition coefficient (Wildman–Crippen LogP) is 2.81. The van der Waals surface area contributed by atoms with Crippen molar-refractivity contribution in [3.8, 4) is 4.90 Å². The molecule has 0 fully saturated rings. The highest BCUT2D eigenvalue weighted by atomic mass is 32.2. The Morgan fingerprint density at radius 3 is 2.40 bits per heavy atom. The van der Waals surface area contributed by atoms with Crippen molar-refractivity contribution in [2.24, 2.45) is 0 Å². The zero-order valence-corrected chi connectivity index (χ0v) is 18.1. The first-order chi connectivity index (χ1) is 13.7. The number of urea groups is 1. The highest BCUT2D eigenvalue weighted by Crippen LogP contribution is 2.43. The summed E-state index contributed by atoms with van der Waals surface area (Å²) in [4.78, 5) is 27.1. The highest BCUT2D eigenvalue weighted by Gasteiger charge is 2.38. The van der Waals surface area contributed by atoms with E-state index in [9.17, 15) is 31.2 Å². The maximum atomic E-state index is 13.5. The van der Waals surface area contributed by atoms with Crippen molar-refractivity contribution in [2.45, 2.75) is 31.0 Å². The van der Waals surface area contributed by atoms with Gasteiger partial charge in [0.25, 0.3) is 0 Å². The number of nitrogens with zero attached hydrogens (tertiary/aromatic N) is 1. The lowest BCUT2D eigenvalue weighted by Crippen LogP contribution is -2.45. The number of halogens is 3. The molecule has 0 spiro atoms. The van der Waals surface area contributed by atoms with Crippen LogP contribution in [0.4, 0.5) is 23.1 Å². The largest absolute Gasteiger partial charge is 0.417 e. The summed E-state index contributed by atoms with van der Waals surface area (Å²) in [6, 6.07) is 1.30. The number of likely N-dealkylation sites (N-methyl/N-ethyl adjacent to an activating group) is 1. The molecule has 3 amide bonds. The summed E-state index contributed by atoms with van der Waals surface area (Å²) in [5, 5.41) is 8.85. The quantitative estimate of drug-likeness (QED) is 0.587. The van der Waals surface area contributed by atoms with Crippen molar-refractivity contribution < 1.29 is 31.2 Å². The molecule has 164 valence electrons. The van der Waals surface area contributed by atoms with Crippen molar-refractivity contribution >= 4 is 37.4 Å². The number of alkyl halides is 3. The van der Waals surface area contributed by atoms with Gasteiger partial charge in [-0.2, -0.15) is 18.2 Å². The van der Waals surface area contributed by atoms with Crippen molar-refractivity contribution in [3.63, 3.8) is 0 Å². The number of rotatable bonds is 5. The number of amides is 3. The summed E-state index contributed by atoms with van der Waals surface area (Å²) in [5.74, 6) is -0.432. The number of benzene rings is 1. The smallest absolute Gasteiger partial charge is 0.357 e. The maximum absolute atomic E-state index is 13.5. The zero-order valence-electron chi connectivity index (χ0n) is 16.4. The Labute approximate surface area is 173 Å². The van der Waals surface area contributed by atoms with Crippen molar-refractivity contribution in [3.05, 3.63) is 34.8 Å². The van der Waals surface area contributed by atoms with E-state index in [0.29, 0.717) is 11.9 Å². The second-order valence-corrected chi connectivity index (χ2v) is 10.1. The van der Waals surface area contributed by atoms with E-state index in [4.69, 9.17) is 0 Å². The van der Waals surface area contributed by atoms with Crippen LogP contribution in [0.25, 0.3) is 4.90 Å². The van der Waals surface area contributed by atoms with Crippen LogP contribution in [0.1, 0.15) is 18.2 Å². The SMILES string of the molecule is CNC(=O)[C@H](C)NC(=O)Nc1nc(C)c[s+]1-c1ccc(S(C)(=O)=O)c(C(F)(F)F)c1. The molecule has 1 unspecified atom stereocenters. The van der Waals surface area contributed by atoms with E-state index in [0.717, 1.165) is 12.1 Å². The Kier molecular flexibility index (Phi) is 6.76. The number of nitrogens with one attached hydrogen (secondary N) is 3. The number of aryl methyl sites for hydroxylation is 1. The van der Waals surface area contributed by atoms with Crippen LogP contribution in [0.3, 0.4) is 0 Å². The fraction of sp³-hybridized carbons (Fsp3) is 0.353. The van der Waals surface area contributed by atoms with E-state index in [1.807, 2.05) is 0 Å². The van der Waals surface area contributed by atoms with Gasteiger partial charge in [-0.25, -0.2) is 18.5 Å². The molecular weight excluding hydrogens is 445 g/mol. The van der Waals surface area contributed by atoms with Gasteiger partial charge in [0, 0.05) is 19.4 Å². The van der Waals surface area contributed by atoms with Crippen molar-refractivity contribution in [2.75, 3.05) is 18.6 Å². The van der Waals surface area contributed by atoms with E-state index in [1.165, 1.54) is 20.0 Å². The molecule has 0 aliphatic heterocycles. The van der Waals surface area contributed by atoms with Crippen LogP contribution in [-0.2, 0) is 20.8 Å². The molecule has 30 heavy (non-hydrogen) atoms. The van der Waals surface area contributed by atoms with Gasteiger partial charge in [-0.3, -0.25) is 4.79 Å². The molecule has 0 aliphatic carbocycles. The molecule has 0 saturated heterocycles. The lowest BCUT2D eigenvalue weighted by atomic mass is 10.2. The molecule has 1 aromatic heterocycles. The minimum atomic E-state index is -4.89. The number of sulfone groups is 1. The molecular formula is C17H20F3N4O4S2+. The summed E-state index contributed by atoms with van der Waals surface area (Å²) in [6.07, 6.45) is -4.19. The number of carbonyl (C=O) groups is 2.